The molecule has 1 unspecified atom stereocenters. The zero-order chi connectivity index (χ0) is 28.1. The van der Waals surface area contributed by atoms with Gasteiger partial charge >= 0.3 is 242 Å². The van der Waals surface area contributed by atoms with E-state index < -0.39 is 18.8 Å². The van der Waals surface area contributed by atoms with Gasteiger partial charge in [0, 0.05) is 0 Å². The molecule has 1 fully saturated rings. The van der Waals surface area contributed by atoms with Crippen molar-refractivity contribution in [3.05, 3.63) is 139 Å². The molecular weight excluding hydrogens is 529 g/mol. The third-order valence-electron chi connectivity index (χ3n) is 8.90. The number of hydrogen-bond donors (Lipinski definition) is 1. The first-order chi connectivity index (χ1) is 20.1. The Morgan fingerprint density at radius 1 is 0.707 bits per heavy atom. The first-order valence-corrected chi connectivity index (χ1v) is 16.7. The van der Waals surface area contributed by atoms with E-state index in [1.165, 1.54) is 15.9 Å². The average Bonchev–Trinajstić information content (AvgIpc) is 3.82. The summed E-state index contributed by atoms with van der Waals surface area (Å²) < 4.78 is 14.0. The van der Waals surface area contributed by atoms with Gasteiger partial charge in [-0.25, -0.2) is 0 Å². The third-order valence-corrected chi connectivity index (χ3v) is 15.8. The maximum atomic E-state index is 13.2. The van der Waals surface area contributed by atoms with E-state index in [1.54, 1.807) is 12.5 Å². The van der Waals surface area contributed by atoms with Gasteiger partial charge < -0.3 is 0 Å². The van der Waals surface area contributed by atoms with E-state index in [0.29, 0.717) is 19.4 Å². The van der Waals surface area contributed by atoms with Gasteiger partial charge in [0.2, 0.25) is 0 Å². The molecule has 0 spiro atoms. The van der Waals surface area contributed by atoms with E-state index in [1.807, 2.05) is 42.5 Å². The summed E-state index contributed by atoms with van der Waals surface area (Å²) in [6.07, 6.45) is 7.10. The minimum absolute atomic E-state index is 0.211. The fourth-order valence-electron chi connectivity index (χ4n) is 7.07. The van der Waals surface area contributed by atoms with Crippen LogP contribution >= 0.6 is 6.75 Å². The number of furan rings is 2. The number of aliphatic carboxylic acids is 1. The van der Waals surface area contributed by atoms with Crippen LogP contribution in [0.5, 0.6) is 0 Å². The first kappa shape index (κ1) is 27.3. The number of aryl methyl sites for hydroxylation is 2. The molecule has 210 valence electrons. The molecule has 5 nitrogen and oxygen atoms in total. The Morgan fingerprint density at radius 2 is 1.20 bits per heavy atom. The standard InChI is InChI=1S/C35H36NO4P/c37-35(38)34-26-28(20-21-29-12-10-23-39-29)27-36(34)41(31-14-4-1-5-15-31,32-16-6-2-7-17-32,33-18-8-3-9-19-33)25-22-30-13-11-24-40-30/h1-19,23-24,28,34H,20-22,25-27H2,(H,37,38)/t28?,34-/m0/s1. The summed E-state index contributed by atoms with van der Waals surface area (Å²) in [5.41, 5.74) is 0. The Morgan fingerprint density at radius 3 is 1.63 bits per heavy atom. The molecule has 41 heavy (non-hydrogen) atoms. The Bertz CT molecular complexity index is 1440. The summed E-state index contributed by atoms with van der Waals surface area (Å²) in [5, 5.41) is 14.4. The molecule has 0 bridgehead atoms. The number of rotatable bonds is 11. The fraction of sp³-hybridized carbons (Fsp3) is 0.229. The van der Waals surface area contributed by atoms with Crippen LogP contribution in [0.25, 0.3) is 0 Å². The van der Waals surface area contributed by atoms with Crippen molar-refractivity contribution < 1.29 is 18.7 Å². The van der Waals surface area contributed by atoms with Crippen molar-refractivity contribution in [1.29, 1.82) is 0 Å². The van der Waals surface area contributed by atoms with E-state index in [4.69, 9.17) is 8.83 Å². The van der Waals surface area contributed by atoms with Crippen LogP contribution in [0.15, 0.2) is 137 Å². The molecule has 0 aliphatic carbocycles. The van der Waals surface area contributed by atoms with Gasteiger partial charge in [0.25, 0.3) is 0 Å². The summed E-state index contributed by atoms with van der Waals surface area (Å²) in [5.74, 6) is 1.30. The second-order valence-corrected chi connectivity index (χ2v) is 16.0. The summed E-state index contributed by atoms with van der Waals surface area (Å²) in [6.45, 7) is -2.94. The molecule has 5 aromatic rings. The van der Waals surface area contributed by atoms with E-state index >= 15 is 0 Å². The molecular formula is C35H36NO4P. The summed E-state index contributed by atoms with van der Waals surface area (Å²) >= 11 is 0. The van der Waals surface area contributed by atoms with Gasteiger partial charge in [0.15, 0.2) is 0 Å². The van der Waals surface area contributed by atoms with Gasteiger partial charge in [-0.05, 0) is 0 Å². The molecule has 3 aromatic carbocycles. The molecule has 0 radical (unpaired) electrons. The zero-order valence-corrected chi connectivity index (χ0v) is 24.0. The second-order valence-electron chi connectivity index (χ2n) is 11.0. The van der Waals surface area contributed by atoms with Crippen LogP contribution < -0.4 is 15.9 Å². The first-order valence-electron chi connectivity index (χ1n) is 14.3. The molecule has 1 aliphatic rings. The Labute approximate surface area is 241 Å². The SMILES string of the molecule is O=C(O)[C@@H]1CC(CCc2ccco2)CN1P(CCc1ccco1)(c1ccccc1)(c1ccccc1)c1ccccc1. The van der Waals surface area contributed by atoms with Gasteiger partial charge in [-0.15, -0.1) is 0 Å². The fourth-order valence-corrected chi connectivity index (χ4v) is 14.4. The van der Waals surface area contributed by atoms with Crippen molar-refractivity contribution in [1.82, 2.24) is 4.67 Å². The van der Waals surface area contributed by atoms with E-state index in [9.17, 15) is 9.90 Å². The minimum atomic E-state index is -3.63. The topological polar surface area (TPSA) is 66.8 Å². The third kappa shape index (κ3) is 4.73. The maximum absolute atomic E-state index is 13.2. The number of carbonyl (C=O) groups is 1. The zero-order valence-electron chi connectivity index (χ0n) is 23.1. The summed E-state index contributed by atoms with van der Waals surface area (Å²) in [4.78, 5) is 13.2. The van der Waals surface area contributed by atoms with E-state index in [2.05, 4.69) is 77.5 Å². The van der Waals surface area contributed by atoms with Crippen molar-refractivity contribution in [3.8, 4) is 0 Å². The van der Waals surface area contributed by atoms with Crippen molar-refractivity contribution in [2.24, 2.45) is 5.92 Å². The number of carboxylic acid groups (broad SMARTS) is 1. The predicted molar refractivity (Wildman–Crippen MR) is 166 cm³/mol. The molecule has 1 aliphatic heterocycles. The number of nitrogens with zero attached hydrogens (tertiary/aromatic N) is 1. The van der Waals surface area contributed by atoms with Crippen LogP contribution in [-0.4, -0.2) is 34.5 Å². The molecule has 2 atom stereocenters. The molecule has 0 amide bonds. The molecule has 6 heteroatoms. The predicted octanol–water partition coefficient (Wildman–Crippen LogP) is 6.27. The quantitative estimate of drug-likeness (QED) is 0.191. The van der Waals surface area contributed by atoms with Gasteiger partial charge in [-0.2, -0.15) is 0 Å². The molecule has 1 saturated heterocycles. The van der Waals surface area contributed by atoms with Gasteiger partial charge in [-0.1, -0.05) is 0 Å². The Balaban J connectivity index is 1.61. The summed E-state index contributed by atoms with van der Waals surface area (Å²) in [6, 6.07) is 39.2. The van der Waals surface area contributed by atoms with Crippen molar-refractivity contribution in [2.45, 2.75) is 31.7 Å². The Hall–Kier alpha value is -3.92. The molecule has 0 saturated carbocycles. The number of hydrogen-bond acceptors (Lipinski definition) is 4. The van der Waals surface area contributed by atoms with Gasteiger partial charge in [0.05, 0.1) is 0 Å². The van der Waals surface area contributed by atoms with Crippen LogP contribution in [0.3, 0.4) is 0 Å². The normalized spacial score (nSPS) is 18.6. The second kappa shape index (κ2) is 11.5. The number of carboxylic acids is 1. The van der Waals surface area contributed by atoms with Gasteiger partial charge in [0.1, 0.15) is 0 Å². The monoisotopic (exact) mass is 565 g/mol. The molecule has 1 N–H and O–H groups in total. The summed E-state index contributed by atoms with van der Waals surface area (Å²) in [7, 11) is 0. The van der Waals surface area contributed by atoms with E-state index in [0.717, 1.165) is 30.5 Å². The van der Waals surface area contributed by atoms with Crippen molar-refractivity contribution >= 4 is 28.6 Å². The molecule has 2 aromatic heterocycles. The molecule has 3 heterocycles. The van der Waals surface area contributed by atoms with Crippen LogP contribution in [0.4, 0.5) is 0 Å². The van der Waals surface area contributed by atoms with Crippen LogP contribution in [0, 0.1) is 5.92 Å². The van der Waals surface area contributed by atoms with Crippen molar-refractivity contribution in [3.63, 3.8) is 0 Å². The Kier molecular flexibility index (Phi) is 7.66. The van der Waals surface area contributed by atoms with Crippen LogP contribution in [-0.2, 0) is 17.6 Å². The molecule has 6 rings (SSSR count). The van der Waals surface area contributed by atoms with Crippen molar-refractivity contribution in [2.75, 3.05) is 12.7 Å². The van der Waals surface area contributed by atoms with Gasteiger partial charge in [-0.3, -0.25) is 0 Å². The van der Waals surface area contributed by atoms with Crippen LogP contribution in [0.2, 0.25) is 0 Å². The van der Waals surface area contributed by atoms with Crippen LogP contribution in [0.1, 0.15) is 24.4 Å². The average molecular weight is 566 g/mol. The van der Waals surface area contributed by atoms with E-state index in [-0.39, 0.29) is 5.92 Å². The number of benzene rings is 3.